The Morgan fingerprint density at radius 2 is 2.00 bits per heavy atom. The van der Waals surface area contributed by atoms with Gasteiger partial charge >= 0.3 is 0 Å². The van der Waals surface area contributed by atoms with Crippen molar-refractivity contribution < 1.29 is 5.11 Å². The third-order valence-electron chi connectivity index (χ3n) is 3.73. The van der Waals surface area contributed by atoms with E-state index in [2.05, 4.69) is 33.0 Å². The van der Waals surface area contributed by atoms with Crippen LogP contribution in [0.25, 0.3) is 0 Å². The molecule has 1 aliphatic heterocycles. The number of nitrogens with zero attached hydrogens (tertiary/aromatic N) is 1. The van der Waals surface area contributed by atoms with E-state index >= 15 is 0 Å². The van der Waals surface area contributed by atoms with Gasteiger partial charge in [-0.2, -0.15) is 0 Å². The highest BCUT2D eigenvalue weighted by Crippen LogP contribution is 2.36. The summed E-state index contributed by atoms with van der Waals surface area (Å²) in [4.78, 5) is 2.07. The molecule has 1 unspecified atom stereocenters. The number of benzene rings is 2. The lowest BCUT2D eigenvalue weighted by Gasteiger charge is -2.27. The van der Waals surface area contributed by atoms with Crippen LogP contribution in [-0.2, 0) is 6.42 Å². The predicted octanol–water partition coefficient (Wildman–Crippen LogP) is 3.81. The van der Waals surface area contributed by atoms with E-state index in [0.29, 0.717) is 0 Å². The van der Waals surface area contributed by atoms with E-state index in [1.165, 1.54) is 5.56 Å². The Morgan fingerprint density at radius 3 is 2.79 bits per heavy atom. The quantitative estimate of drug-likeness (QED) is 0.910. The summed E-state index contributed by atoms with van der Waals surface area (Å²) in [7, 11) is 0. The molecule has 1 N–H and O–H groups in total. The van der Waals surface area contributed by atoms with E-state index in [1.54, 1.807) is 0 Å². The van der Waals surface area contributed by atoms with Gasteiger partial charge in [0.2, 0.25) is 0 Å². The molecule has 0 saturated heterocycles. The third-order valence-corrected chi connectivity index (χ3v) is 4.23. The molecule has 1 aliphatic rings. The standard InChI is InChI=1S/C16H16BrNO/c1-11-4-2-3-5-14(11)16(19)18-9-8-12-10-13(17)6-7-15(12)18/h2-7,10,16,19H,8-9H2,1H3. The van der Waals surface area contributed by atoms with Crippen molar-refractivity contribution in [3.8, 4) is 0 Å². The molecular weight excluding hydrogens is 302 g/mol. The van der Waals surface area contributed by atoms with Crippen LogP contribution in [0.15, 0.2) is 46.9 Å². The Balaban J connectivity index is 1.96. The molecule has 2 nitrogen and oxygen atoms in total. The van der Waals surface area contributed by atoms with Crippen molar-refractivity contribution in [2.75, 3.05) is 11.4 Å². The van der Waals surface area contributed by atoms with E-state index < -0.39 is 6.23 Å². The second-order valence-corrected chi connectivity index (χ2v) is 5.86. The van der Waals surface area contributed by atoms with Gasteiger partial charge in [-0.05, 0) is 42.7 Å². The SMILES string of the molecule is Cc1ccccc1C(O)N1CCc2cc(Br)ccc21. The first kappa shape index (κ1) is 12.7. The Morgan fingerprint density at radius 1 is 1.21 bits per heavy atom. The van der Waals surface area contributed by atoms with Crippen molar-refractivity contribution in [1.82, 2.24) is 0 Å². The topological polar surface area (TPSA) is 23.5 Å². The maximum absolute atomic E-state index is 10.6. The normalized spacial score (nSPS) is 15.4. The van der Waals surface area contributed by atoms with Crippen LogP contribution in [0.5, 0.6) is 0 Å². The van der Waals surface area contributed by atoms with Crippen LogP contribution < -0.4 is 4.90 Å². The van der Waals surface area contributed by atoms with Crippen molar-refractivity contribution in [2.24, 2.45) is 0 Å². The molecule has 2 aromatic rings. The average Bonchev–Trinajstić information content (AvgIpc) is 2.81. The van der Waals surface area contributed by atoms with Gasteiger partial charge in [0.1, 0.15) is 0 Å². The highest BCUT2D eigenvalue weighted by atomic mass is 79.9. The molecule has 0 saturated carbocycles. The molecule has 1 atom stereocenters. The molecule has 0 amide bonds. The number of anilines is 1. The number of aryl methyl sites for hydroxylation is 1. The zero-order valence-electron chi connectivity index (χ0n) is 10.8. The minimum absolute atomic E-state index is 0.566. The van der Waals surface area contributed by atoms with E-state index in [9.17, 15) is 5.11 Å². The molecule has 0 radical (unpaired) electrons. The molecule has 0 spiro atoms. The minimum atomic E-state index is -0.566. The summed E-state index contributed by atoms with van der Waals surface area (Å²) < 4.78 is 1.10. The Hall–Kier alpha value is -1.32. The van der Waals surface area contributed by atoms with E-state index in [0.717, 1.165) is 34.3 Å². The second kappa shape index (κ2) is 4.99. The fraction of sp³-hybridized carbons (Fsp3) is 0.250. The Labute approximate surface area is 121 Å². The van der Waals surface area contributed by atoms with Gasteiger partial charge in [0.05, 0.1) is 0 Å². The summed E-state index contributed by atoms with van der Waals surface area (Å²) in [6.07, 6.45) is 0.418. The van der Waals surface area contributed by atoms with Crippen LogP contribution in [0.3, 0.4) is 0 Å². The molecule has 2 aromatic carbocycles. The number of fused-ring (bicyclic) bond motifs is 1. The smallest absolute Gasteiger partial charge is 0.153 e. The molecule has 0 aliphatic carbocycles. The van der Waals surface area contributed by atoms with Crippen LogP contribution in [0.1, 0.15) is 22.9 Å². The van der Waals surface area contributed by atoms with E-state index in [-0.39, 0.29) is 0 Å². The van der Waals surface area contributed by atoms with Crippen LogP contribution in [0, 0.1) is 6.92 Å². The van der Waals surface area contributed by atoms with Gasteiger partial charge in [0.25, 0.3) is 0 Å². The first-order valence-electron chi connectivity index (χ1n) is 6.45. The lowest BCUT2D eigenvalue weighted by Crippen LogP contribution is -2.26. The summed E-state index contributed by atoms with van der Waals surface area (Å²) in [6.45, 7) is 2.90. The third kappa shape index (κ3) is 2.28. The first-order chi connectivity index (χ1) is 9.16. The fourth-order valence-corrected chi connectivity index (χ4v) is 3.10. The van der Waals surface area contributed by atoms with Gasteiger partial charge in [-0.3, -0.25) is 0 Å². The molecule has 0 aromatic heterocycles. The number of halogens is 1. The van der Waals surface area contributed by atoms with Crippen LogP contribution in [0.4, 0.5) is 5.69 Å². The molecule has 0 bridgehead atoms. The summed E-state index contributed by atoms with van der Waals surface area (Å²) >= 11 is 3.50. The second-order valence-electron chi connectivity index (χ2n) is 4.95. The van der Waals surface area contributed by atoms with Gasteiger partial charge in [-0.1, -0.05) is 40.2 Å². The number of aliphatic hydroxyl groups is 1. The molecule has 0 fully saturated rings. The van der Waals surface area contributed by atoms with Crippen LogP contribution >= 0.6 is 15.9 Å². The number of rotatable bonds is 2. The summed E-state index contributed by atoms with van der Waals surface area (Å²) in [5, 5.41) is 10.6. The fourth-order valence-electron chi connectivity index (χ4n) is 2.69. The maximum Gasteiger partial charge on any atom is 0.153 e. The Bertz CT molecular complexity index is 611. The largest absolute Gasteiger partial charge is 0.369 e. The van der Waals surface area contributed by atoms with Gasteiger partial charge in [0.15, 0.2) is 6.23 Å². The molecule has 1 heterocycles. The van der Waals surface area contributed by atoms with E-state index in [1.807, 2.05) is 37.3 Å². The van der Waals surface area contributed by atoms with Crippen molar-refractivity contribution in [1.29, 1.82) is 0 Å². The van der Waals surface area contributed by atoms with Gasteiger partial charge < -0.3 is 10.0 Å². The number of hydrogen-bond donors (Lipinski definition) is 1. The zero-order chi connectivity index (χ0) is 13.4. The first-order valence-corrected chi connectivity index (χ1v) is 7.25. The molecule has 3 heteroatoms. The zero-order valence-corrected chi connectivity index (χ0v) is 12.4. The van der Waals surface area contributed by atoms with Crippen molar-refractivity contribution in [3.63, 3.8) is 0 Å². The number of hydrogen-bond acceptors (Lipinski definition) is 2. The molecular formula is C16H16BrNO. The minimum Gasteiger partial charge on any atom is -0.369 e. The summed E-state index contributed by atoms with van der Waals surface area (Å²) in [5.41, 5.74) is 4.54. The molecule has 98 valence electrons. The monoisotopic (exact) mass is 317 g/mol. The highest BCUT2D eigenvalue weighted by molar-refractivity contribution is 9.10. The maximum atomic E-state index is 10.6. The predicted molar refractivity (Wildman–Crippen MR) is 81.3 cm³/mol. The van der Waals surface area contributed by atoms with Crippen molar-refractivity contribution in [2.45, 2.75) is 19.6 Å². The lowest BCUT2D eigenvalue weighted by atomic mass is 10.1. The van der Waals surface area contributed by atoms with Crippen molar-refractivity contribution >= 4 is 21.6 Å². The average molecular weight is 318 g/mol. The van der Waals surface area contributed by atoms with Gasteiger partial charge in [-0.15, -0.1) is 0 Å². The highest BCUT2D eigenvalue weighted by Gasteiger charge is 2.26. The lowest BCUT2D eigenvalue weighted by molar-refractivity contribution is 0.173. The number of aliphatic hydroxyl groups excluding tert-OH is 1. The molecule has 3 rings (SSSR count). The van der Waals surface area contributed by atoms with Crippen LogP contribution in [-0.4, -0.2) is 11.7 Å². The molecule has 19 heavy (non-hydrogen) atoms. The van der Waals surface area contributed by atoms with Crippen molar-refractivity contribution in [3.05, 3.63) is 63.6 Å². The summed E-state index contributed by atoms with van der Waals surface area (Å²) in [6, 6.07) is 14.3. The van der Waals surface area contributed by atoms with E-state index in [4.69, 9.17) is 0 Å². The Kier molecular flexibility index (Phi) is 3.33. The van der Waals surface area contributed by atoms with Crippen LogP contribution in [0.2, 0.25) is 0 Å². The summed E-state index contributed by atoms with van der Waals surface area (Å²) in [5.74, 6) is 0. The van der Waals surface area contributed by atoms with Gasteiger partial charge in [-0.25, -0.2) is 0 Å². The van der Waals surface area contributed by atoms with Gasteiger partial charge in [0, 0.05) is 22.3 Å².